The van der Waals surface area contributed by atoms with Crippen molar-refractivity contribution in [3.05, 3.63) is 47.1 Å². The average Bonchev–Trinajstić information content (AvgIpc) is 3.26. The molecule has 1 atom stereocenters. The first kappa shape index (κ1) is 17.5. The Hall–Kier alpha value is -2.33. The average molecular weight is 384 g/mol. The van der Waals surface area contributed by atoms with Gasteiger partial charge in [0, 0.05) is 0 Å². The molecule has 1 amide bonds. The Kier molecular flexibility index (Phi) is 5.09. The number of aromatic amines is 1. The molecule has 0 aliphatic rings. The van der Waals surface area contributed by atoms with Gasteiger partial charge < -0.3 is 5.32 Å². The van der Waals surface area contributed by atoms with Gasteiger partial charge in [0.25, 0.3) is 0 Å². The van der Waals surface area contributed by atoms with E-state index in [1.54, 1.807) is 6.92 Å². The molecule has 2 N–H and O–H groups in total. The van der Waals surface area contributed by atoms with Crippen LogP contribution in [-0.4, -0.2) is 26.3 Å². The zero-order chi connectivity index (χ0) is 18.0. The number of hydrogen-bond acceptors (Lipinski definition) is 5. The van der Waals surface area contributed by atoms with Gasteiger partial charge in [-0.3, -0.25) is 9.89 Å². The molecule has 3 aromatic rings. The monoisotopic (exact) mass is 384 g/mol. The predicted octanol–water partition coefficient (Wildman–Crippen LogP) is 4.07. The van der Waals surface area contributed by atoms with Crippen molar-refractivity contribution >= 4 is 34.7 Å². The molecule has 5 nitrogen and oxygen atoms in total. The minimum absolute atomic E-state index is 0.344. The number of anilines is 1. The van der Waals surface area contributed by atoms with E-state index >= 15 is 0 Å². The van der Waals surface area contributed by atoms with E-state index in [1.807, 2.05) is 17.5 Å². The van der Waals surface area contributed by atoms with Gasteiger partial charge in [0.1, 0.15) is 0 Å². The van der Waals surface area contributed by atoms with Gasteiger partial charge in [-0.25, -0.2) is 18.2 Å². The third kappa shape index (κ3) is 3.85. The molecule has 2 heterocycles. The van der Waals surface area contributed by atoms with E-state index in [4.69, 9.17) is 0 Å². The van der Waals surface area contributed by atoms with E-state index in [0.717, 1.165) is 28.8 Å². The van der Waals surface area contributed by atoms with Gasteiger partial charge in [-0.15, -0.1) is 16.4 Å². The van der Waals surface area contributed by atoms with Crippen LogP contribution in [-0.2, 0) is 4.79 Å². The zero-order valence-corrected chi connectivity index (χ0v) is 14.4. The number of thioether (sulfide) groups is 1. The molecule has 0 saturated carbocycles. The molecule has 0 fully saturated rings. The van der Waals surface area contributed by atoms with Crippen LogP contribution in [0.2, 0.25) is 0 Å². The molecule has 0 aliphatic heterocycles. The fourth-order valence-electron chi connectivity index (χ4n) is 1.89. The van der Waals surface area contributed by atoms with Crippen LogP contribution in [0.15, 0.2) is 34.8 Å². The largest absolute Gasteiger partial charge is 0.323 e. The quantitative estimate of drug-likeness (QED) is 0.514. The number of nitrogens with one attached hydrogen (secondary N) is 2. The van der Waals surface area contributed by atoms with Gasteiger partial charge >= 0.3 is 0 Å². The highest BCUT2D eigenvalue weighted by Crippen LogP contribution is 2.26. The second kappa shape index (κ2) is 7.28. The molecular formula is C15H11F3N4OS2. The molecule has 0 spiro atoms. The van der Waals surface area contributed by atoms with E-state index in [1.165, 1.54) is 11.3 Å². The van der Waals surface area contributed by atoms with E-state index in [-0.39, 0.29) is 0 Å². The number of aromatic nitrogens is 3. The number of halogens is 3. The Balaban J connectivity index is 1.66. The third-order valence-electron chi connectivity index (χ3n) is 3.16. The standard InChI is InChI=1S/C15H11F3N4OS2/c1-7(14(23)19-9-5-4-8(16)11(17)12(9)18)25-15-20-13(21-22-15)10-3-2-6-24-10/h2-7H,1H3,(H,19,23)(H,20,21,22). The molecule has 130 valence electrons. The van der Waals surface area contributed by atoms with E-state index in [2.05, 4.69) is 20.5 Å². The van der Waals surface area contributed by atoms with E-state index in [0.29, 0.717) is 11.0 Å². The summed E-state index contributed by atoms with van der Waals surface area (Å²) >= 11 is 2.54. The first-order chi connectivity index (χ1) is 12.0. The highest BCUT2D eigenvalue weighted by atomic mass is 32.2. The van der Waals surface area contributed by atoms with Crippen LogP contribution in [0.25, 0.3) is 10.7 Å². The maximum atomic E-state index is 13.6. The van der Waals surface area contributed by atoms with Crippen LogP contribution in [0, 0.1) is 17.5 Å². The van der Waals surface area contributed by atoms with Gasteiger partial charge in [0.15, 0.2) is 23.3 Å². The van der Waals surface area contributed by atoms with Crippen molar-refractivity contribution in [2.24, 2.45) is 0 Å². The van der Waals surface area contributed by atoms with Crippen molar-refractivity contribution in [2.75, 3.05) is 5.32 Å². The number of nitrogens with zero attached hydrogens (tertiary/aromatic N) is 2. The summed E-state index contributed by atoms with van der Waals surface area (Å²) < 4.78 is 39.7. The van der Waals surface area contributed by atoms with Crippen molar-refractivity contribution in [1.29, 1.82) is 0 Å². The molecule has 10 heteroatoms. The van der Waals surface area contributed by atoms with E-state index < -0.39 is 34.3 Å². The second-order valence-electron chi connectivity index (χ2n) is 4.92. The summed E-state index contributed by atoms with van der Waals surface area (Å²) in [4.78, 5) is 17.3. The van der Waals surface area contributed by atoms with Crippen LogP contribution in [0.1, 0.15) is 6.92 Å². The summed E-state index contributed by atoms with van der Waals surface area (Å²) in [6, 6.07) is 5.46. The molecule has 0 radical (unpaired) electrons. The van der Waals surface area contributed by atoms with Crippen molar-refractivity contribution in [1.82, 2.24) is 15.2 Å². The van der Waals surface area contributed by atoms with Gasteiger partial charge in [0.2, 0.25) is 11.1 Å². The predicted molar refractivity (Wildman–Crippen MR) is 90.0 cm³/mol. The van der Waals surface area contributed by atoms with Gasteiger partial charge in [-0.2, -0.15) is 0 Å². The Bertz CT molecular complexity index is 898. The normalized spacial score (nSPS) is 12.2. The summed E-state index contributed by atoms with van der Waals surface area (Å²) in [7, 11) is 0. The third-order valence-corrected chi connectivity index (χ3v) is 5.00. The summed E-state index contributed by atoms with van der Waals surface area (Å²) in [6.45, 7) is 1.57. The molecule has 2 aromatic heterocycles. The summed E-state index contributed by atoms with van der Waals surface area (Å²) in [5.41, 5.74) is -0.425. The Morgan fingerprint density at radius 2 is 2.08 bits per heavy atom. The Labute approximate surface area is 148 Å². The van der Waals surface area contributed by atoms with Crippen LogP contribution in [0.3, 0.4) is 0 Å². The molecular weight excluding hydrogens is 373 g/mol. The molecule has 25 heavy (non-hydrogen) atoms. The molecule has 1 unspecified atom stereocenters. The molecule has 1 aromatic carbocycles. The Morgan fingerprint density at radius 3 is 2.80 bits per heavy atom. The van der Waals surface area contributed by atoms with Crippen molar-refractivity contribution in [3.63, 3.8) is 0 Å². The van der Waals surface area contributed by atoms with Gasteiger partial charge in [0.05, 0.1) is 15.8 Å². The fraction of sp³-hybridized carbons (Fsp3) is 0.133. The maximum Gasteiger partial charge on any atom is 0.237 e. The molecule has 0 bridgehead atoms. The van der Waals surface area contributed by atoms with Gasteiger partial charge in [-0.05, 0) is 30.5 Å². The molecule has 3 rings (SSSR count). The minimum atomic E-state index is -1.63. The summed E-state index contributed by atoms with van der Waals surface area (Å²) in [5.74, 6) is -4.40. The smallest absolute Gasteiger partial charge is 0.237 e. The number of H-pyrrole nitrogens is 1. The SMILES string of the molecule is CC(Sc1n[nH]c(-c2cccs2)n1)C(=O)Nc1ccc(F)c(F)c1F. The van der Waals surface area contributed by atoms with Gasteiger partial charge in [-0.1, -0.05) is 17.8 Å². The maximum absolute atomic E-state index is 13.6. The summed E-state index contributed by atoms with van der Waals surface area (Å²) in [5, 5.41) is 10.6. The van der Waals surface area contributed by atoms with Crippen LogP contribution in [0.4, 0.5) is 18.9 Å². The van der Waals surface area contributed by atoms with Crippen LogP contribution >= 0.6 is 23.1 Å². The lowest BCUT2D eigenvalue weighted by Gasteiger charge is -2.11. The Morgan fingerprint density at radius 1 is 1.28 bits per heavy atom. The van der Waals surface area contributed by atoms with Crippen molar-refractivity contribution < 1.29 is 18.0 Å². The number of hydrogen-bond donors (Lipinski definition) is 2. The lowest BCUT2D eigenvalue weighted by atomic mass is 10.2. The lowest BCUT2D eigenvalue weighted by Crippen LogP contribution is -2.23. The fourth-order valence-corrected chi connectivity index (χ4v) is 3.28. The highest BCUT2D eigenvalue weighted by Gasteiger charge is 2.21. The first-order valence-corrected chi connectivity index (χ1v) is 8.79. The highest BCUT2D eigenvalue weighted by molar-refractivity contribution is 8.00. The number of amides is 1. The van der Waals surface area contributed by atoms with Crippen LogP contribution < -0.4 is 5.32 Å². The number of benzene rings is 1. The summed E-state index contributed by atoms with van der Waals surface area (Å²) in [6.07, 6.45) is 0. The van der Waals surface area contributed by atoms with Crippen molar-refractivity contribution in [3.8, 4) is 10.7 Å². The van der Waals surface area contributed by atoms with Crippen molar-refractivity contribution in [2.45, 2.75) is 17.3 Å². The molecule has 0 saturated heterocycles. The number of carbonyl (C=O) groups is 1. The minimum Gasteiger partial charge on any atom is -0.323 e. The molecule has 0 aliphatic carbocycles. The first-order valence-electron chi connectivity index (χ1n) is 7.03. The van der Waals surface area contributed by atoms with E-state index in [9.17, 15) is 18.0 Å². The zero-order valence-electron chi connectivity index (χ0n) is 12.7. The lowest BCUT2D eigenvalue weighted by molar-refractivity contribution is -0.115. The number of rotatable bonds is 5. The number of thiophene rings is 1. The second-order valence-corrected chi connectivity index (χ2v) is 7.17. The van der Waals surface area contributed by atoms with Crippen LogP contribution in [0.5, 0.6) is 0 Å². The number of carbonyl (C=O) groups excluding carboxylic acids is 1. The topological polar surface area (TPSA) is 70.7 Å².